The van der Waals surface area contributed by atoms with Crippen molar-refractivity contribution in [2.75, 3.05) is 16.8 Å². The number of rotatable bonds is 4. The van der Waals surface area contributed by atoms with Crippen LogP contribution in [-0.4, -0.2) is 21.9 Å². The molecule has 3 N–H and O–H groups in total. The van der Waals surface area contributed by atoms with Crippen molar-refractivity contribution >= 4 is 50.5 Å². The number of nitrogens with two attached hydrogens (primary N) is 1. The van der Waals surface area contributed by atoms with Crippen LogP contribution in [0.2, 0.25) is 0 Å². The van der Waals surface area contributed by atoms with Gasteiger partial charge < -0.3 is 11.1 Å². The van der Waals surface area contributed by atoms with Gasteiger partial charge in [0.1, 0.15) is 11.1 Å². The van der Waals surface area contributed by atoms with Crippen LogP contribution < -0.4 is 11.1 Å². The summed E-state index contributed by atoms with van der Waals surface area (Å²) in [6.45, 7) is 6.80. The number of nitrogen functional groups attached to an aromatic ring is 1. The number of hydrogen-bond donors (Lipinski definition) is 2. The van der Waals surface area contributed by atoms with Crippen LogP contribution in [-0.2, 0) is 17.6 Å². The van der Waals surface area contributed by atoms with E-state index in [0.29, 0.717) is 26.0 Å². The van der Waals surface area contributed by atoms with Crippen molar-refractivity contribution in [3.05, 3.63) is 16.0 Å². The molecule has 0 aliphatic heterocycles. The standard InChI is InChI=1S/C17H21N5OS3/c1-17(2,3)9-4-5-10-11(7-18)14(25-12(10)6-9)20-13(23)8-24-16-22-21-15(19)26-16/h9H,4-6,8H2,1-3H3,(H2,19,21)(H,20,23)/t9-/m1/s1. The maximum Gasteiger partial charge on any atom is 0.235 e. The van der Waals surface area contributed by atoms with Crippen molar-refractivity contribution in [3.63, 3.8) is 0 Å². The van der Waals surface area contributed by atoms with Crippen LogP contribution in [0.25, 0.3) is 0 Å². The second-order valence-corrected chi connectivity index (χ2v) is 10.7. The highest BCUT2D eigenvalue weighted by Gasteiger charge is 2.32. The molecule has 0 radical (unpaired) electrons. The summed E-state index contributed by atoms with van der Waals surface area (Å²) in [4.78, 5) is 13.5. The monoisotopic (exact) mass is 407 g/mol. The van der Waals surface area contributed by atoms with Gasteiger partial charge in [-0.25, -0.2) is 0 Å². The summed E-state index contributed by atoms with van der Waals surface area (Å²) in [5, 5.41) is 21.2. The maximum atomic E-state index is 12.3. The molecule has 138 valence electrons. The van der Waals surface area contributed by atoms with E-state index < -0.39 is 0 Å². The topological polar surface area (TPSA) is 105 Å². The molecule has 1 aliphatic rings. The van der Waals surface area contributed by atoms with Crippen LogP contribution in [0.1, 0.15) is 43.2 Å². The van der Waals surface area contributed by atoms with Gasteiger partial charge in [-0.1, -0.05) is 43.9 Å². The summed E-state index contributed by atoms with van der Waals surface area (Å²) in [7, 11) is 0. The summed E-state index contributed by atoms with van der Waals surface area (Å²) in [6.07, 6.45) is 2.97. The lowest BCUT2D eigenvalue weighted by Crippen LogP contribution is -2.26. The van der Waals surface area contributed by atoms with Crippen LogP contribution in [0.5, 0.6) is 0 Å². The van der Waals surface area contributed by atoms with E-state index in [1.54, 1.807) is 11.3 Å². The van der Waals surface area contributed by atoms with Crippen molar-refractivity contribution in [2.24, 2.45) is 11.3 Å². The second-order valence-electron chi connectivity index (χ2n) is 7.37. The Morgan fingerprint density at radius 1 is 1.42 bits per heavy atom. The van der Waals surface area contributed by atoms with Crippen molar-refractivity contribution in [3.8, 4) is 6.07 Å². The van der Waals surface area contributed by atoms with E-state index in [4.69, 9.17) is 5.73 Å². The van der Waals surface area contributed by atoms with E-state index in [2.05, 4.69) is 42.4 Å². The number of amides is 1. The number of hydrogen-bond acceptors (Lipinski definition) is 8. The molecule has 1 atom stereocenters. The molecule has 9 heteroatoms. The Labute approximate surface area is 165 Å². The van der Waals surface area contributed by atoms with Crippen LogP contribution in [0.4, 0.5) is 10.1 Å². The highest BCUT2D eigenvalue weighted by molar-refractivity contribution is 8.01. The highest BCUT2D eigenvalue weighted by Crippen LogP contribution is 2.44. The predicted octanol–water partition coefficient (Wildman–Crippen LogP) is 3.94. The number of nitrogens with zero attached hydrogens (tertiary/aromatic N) is 3. The molecule has 6 nitrogen and oxygen atoms in total. The number of carbonyl (C=O) groups excluding carboxylic acids is 1. The van der Waals surface area contributed by atoms with E-state index in [1.807, 2.05) is 0 Å². The molecule has 0 saturated heterocycles. The molecule has 26 heavy (non-hydrogen) atoms. The second kappa shape index (κ2) is 7.55. The number of nitrogens with one attached hydrogen (secondary N) is 1. The Morgan fingerprint density at radius 2 is 2.19 bits per heavy atom. The molecule has 3 rings (SSSR count). The zero-order chi connectivity index (χ0) is 18.9. The van der Waals surface area contributed by atoms with E-state index in [1.165, 1.54) is 28.0 Å². The van der Waals surface area contributed by atoms with Gasteiger partial charge in [-0.15, -0.1) is 21.5 Å². The Hall–Kier alpha value is -1.63. The van der Waals surface area contributed by atoms with Gasteiger partial charge in [-0.05, 0) is 36.2 Å². The zero-order valence-electron chi connectivity index (χ0n) is 15.0. The van der Waals surface area contributed by atoms with Gasteiger partial charge in [0.15, 0.2) is 4.34 Å². The van der Waals surface area contributed by atoms with Crippen LogP contribution in [0, 0.1) is 22.7 Å². The first-order valence-electron chi connectivity index (χ1n) is 8.34. The van der Waals surface area contributed by atoms with Crippen LogP contribution in [0.3, 0.4) is 0 Å². The molecule has 1 aliphatic carbocycles. The van der Waals surface area contributed by atoms with Gasteiger partial charge in [0.05, 0.1) is 11.3 Å². The minimum absolute atomic E-state index is 0.147. The quantitative estimate of drug-likeness (QED) is 0.744. The van der Waals surface area contributed by atoms with Gasteiger partial charge >= 0.3 is 0 Å². The molecule has 0 saturated carbocycles. The normalized spacial score (nSPS) is 16.8. The molecule has 0 fully saturated rings. The van der Waals surface area contributed by atoms with Crippen LogP contribution >= 0.6 is 34.4 Å². The summed E-state index contributed by atoms with van der Waals surface area (Å²) >= 11 is 4.10. The molecule has 1 amide bonds. The average molecular weight is 408 g/mol. The highest BCUT2D eigenvalue weighted by atomic mass is 32.2. The van der Waals surface area contributed by atoms with Crippen molar-refractivity contribution < 1.29 is 4.79 Å². The SMILES string of the molecule is CC(C)(C)[C@@H]1CCc2c(sc(NC(=O)CSc3nnc(N)s3)c2C#N)C1. The van der Waals surface area contributed by atoms with Gasteiger partial charge in [0, 0.05) is 4.88 Å². The molecule has 2 aromatic heterocycles. The number of aromatic nitrogens is 2. The average Bonchev–Trinajstić information content (AvgIpc) is 3.14. The molecule has 2 heterocycles. The fraction of sp³-hybridized carbons (Fsp3) is 0.529. The first-order chi connectivity index (χ1) is 12.3. The zero-order valence-corrected chi connectivity index (χ0v) is 17.4. The number of anilines is 2. The molecule has 2 aromatic rings. The lowest BCUT2D eigenvalue weighted by molar-refractivity contribution is -0.113. The van der Waals surface area contributed by atoms with Gasteiger partial charge in [0.2, 0.25) is 11.0 Å². The van der Waals surface area contributed by atoms with E-state index in [-0.39, 0.29) is 17.1 Å². The molecule has 0 spiro atoms. The molecule has 0 unspecified atom stereocenters. The van der Waals surface area contributed by atoms with E-state index in [9.17, 15) is 10.1 Å². The van der Waals surface area contributed by atoms with Gasteiger partial charge in [-0.3, -0.25) is 4.79 Å². The van der Waals surface area contributed by atoms with Crippen molar-refractivity contribution in [1.82, 2.24) is 10.2 Å². The van der Waals surface area contributed by atoms with Gasteiger partial charge in [0.25, 0.3) is 0 Å². The fourth-order valence-corrected chi connectivity index (χ4v) is 5.83. The number of thiophene rings is 1. The fourth-order valence-electron chi connectivity index (χ4n) is 3.10. The number of thioether (sulfide) groups is 1. The van der Waals surface area contributed by atoms with E-state index >= 15 is 0 Å². The summed E-state index contributed by atoms with van der Waals surface area (Å²) in [5.74, 6) is 0.667. The summed E-state index contributed by atoms with van der Waals surface area (Å²) in [5.41, 5.74) is 7.55. The molecular weight excluding hydrogens is 386 g/mol. The smallest absolute Gasteiger partial charge is 0.235 e. The predicted molar refractivity (Wildman–Crippen MR) is 108 cm³/mol. The lowest BCUT2D eigenvalue weighted by Gasteiger charge is -2.33. The first kappa shape index (κ1) is 19.1. The Kier molecular flexibility index (Phi) is 5.55. The third-order valence-electron chi connectivity index (χ3n) is 4.60. The Morgan fingerprint density at radius 3 is 2.81 bits per heavy atom. The lowest BCUT2D eigenvalue weighted by atomic mass is 9.72. The van der Waals surface area contributed by atoms with E-state index in [0.717, 1.165) is 24.8 Å². The minimum Gasteiger partial charge on any atom is -0.374 e. The first-order valence-corrected chi connectivity index (χ1v) is 11.0. The van der Waals surface area contributed by atoms with Crippen LogP contribution in [0.15, 0.2) is 4.34 Å². The largest absolute Gasteiger partial charge is 0.374 e. The van der Waals surface area contributed by atoms with Crippen molar-refractivity contribution in [2.45, 2.75) is 44.4 Å². The molecule has 0 aromatic carbocycles. The molecule has 0 bridgehead atoms. The molecular formula is C17H21N5OS3. The summed E-state index contributed by atoms with van der Waals surface area (Å²) < 4.78 is 0.664. The number of nitriles is 1. The third kappa shape index (κ3) is 4.19. The number of fused-ring (bicyclic) bond motifs is 1. The minimum atomic E-state index is -0.147. The van der Waals surface area contributed by atoms with Gasteiger partial charge in [-0.2, -0.15) is 5.26 Å². The Balaban J connectivity index is 1.70. The van der Waals surface area contributed by atoms with Crippen molar-refractivity contribution in [1.29, 1.82) is 5.26 Å². The summed E-state index contributed by atoms with van der Waals surface area (Å²) in [6, 6.07) is 2.29. The maximum absolute atomic E-state index is 12.3. The third-order valence-corrected chi connectivity index (χ3v) is 7.66. The Bertz CT molecular complexity index is 859. The number of carbonyl (C=O) groups is 1.